The second-order valence-electron chi connectivity index (χ2n) is 6.34. The van der Waals surface area contributed by atoms with Gasteiger partial charge in [0.05, 0.1) is 18.4 Å². The van der Waals surface area contributed by atoms with Crippen molar-refractivity contribution in [3.63, 3.8) is 0 Å². The summed E-state index contributed by atoms with van der Waals surface area (Å²) in [5.74, 6) is 1.00. The molecule has 4 nitrogen and oxygen atoms in total. The number of amides is 1. The third-order valence-electron chi connectivity index (χ3n) is 4.45. The molecule has 3 aromatic carbocycles. The van der Waals surface area contributed by atoms with E-state index in [9.17, 15) is 4.79 Å². The van der Waals surface area contributed by atoms with E-state index in [4.69, 9.17) is 9.73 Å². The van der Waals surface area contributed by atoms with Gasteiger partial charge in [-0.3, -0.25) is 9.69 Å². The summed E-state index contributed by atoms with van der Waals surface area (Å²) in [5, 5.41) is 0. The van der Waals surface area contributed by atoms with E-state index in [-0.39, 0.29) is 5.91 Å². The fourth-order valence-corrected chi connectivity index (χ4v) is 3.75. The summed E-state index contributed by atoms with van der Waals surface area (Å²) < 4.78 is 7.37. The molecule has 1 aliphatic rings. The van der Waals surface area contributed by atoms with Gasteiger partial charge in [-0.25, -0.2) is 4.99 Å². The van der Waals surface area contributed by atoms with Gasteiger partial charge in [-0.15, -0.1) is 0 Å². The number of benzene rings is 3. The molecule has 3 aromatic rings. The smallest absolute Gasteiger partial charge is 0.282 e. The van der Waals surface area contributed by atoms with Crippen LogP contribution in [0.4, 0.5) is 5.69 Å². The third kappa shape index (κ3) is 4.04. The van der Waals surface area contributed by atoms with Crippen LogP contribution in [0.2, 0.25) is 0 Å². The zero-order valence-corrected chi connectivity index (χ0v) is 18.6. The molecule has 0 bridgehead atoms. The average molecular weight is 512 g/mol. The van der Waals surface area contributed by atoms with Crippen molar-refractivity contribution in [2.45, 2.75) is 0 Å². The van der Waals surface area contributed by atoms with Gasteiger partial charge >= 0.3 is 0 Å². The number of hydrogen-bond acceptors (Lipinski definition) is 3. The Labute approximate surface area is 185 Å². The zero-order chi connectivity index (χ0) is 20.4. The summed E-state index contributed by atoms with van der Waals surface area (Å²) in [7, 11) is 1.61. The maximum Gasteiger partial charge on any atom is 0.282 e. The van der Waals surface area contributed by atoms with Crippen LogP contribution in [0, 0.1) is 0 Å². The molecule has 0 aromatic heterocycles. The van der Waals surface area contributed by atoms with Crippen LogP contribution in [0.25, 0.3) is 6.08 Å². The van der Waals surface area contributed by atoms with Crippen LogP contribution in [0.3, 0.4) is 0 Å². The summed E-state index contributed by atoms with van der Waals surface area (Å²) in [6, 6.07) is 22.9. The normalized spacial score (nSPS) is 15.0. The van der Waals surface area contributed by atoms with Gasteiger partial charge in [0.2, 0.25) is 0 Å². The number of para-hydroxylation sites is 1. The molecule has 1 heterocycles. The maximum absolute atomic E-state index is 13.3. The highest BCUT2D eigenvalue weighted by Crippen LogP contribution is 2.32. The molecule has 0 saturated heterocycles. The molecule has 0 saturated carbocycles. The average Bonchev–Trinajstić information content (AvgIpc) is 3.05. The number of anilines is 1. The summed E-state index contributed by atoms with van der Waals surface area (Å²) in [6.07, 6.45) is 1.79. The lowest BCUT2D eigenvalue weighted by Gasteiger charge is -2.20. The SMILES string of the molecule is COc1ccccc1C1=N/C(=C/c2ccc(Br)cc2)C(=O)N1c1cccc(Br)c1. The first kappa shape index (κ1) is 19.6. The van der Waals surface area contributed by atoms with E-state index in [0.29, 0.717) is 17.3 Å². The summed E-state index contributed by atoms with van der Waals surface area (Å²) in [5.41, 5.74) is 2.75. The summed E-state index contributed by atoms with van der Waals surface area (Å²) in [4.78, 5) is 19.7. The first-order valence-corrected chi connectivity index (χ1v) is 10.4. The van der Waals surface area contributed by atoms with Crippen molar-refractivity contribution in [2.24, 2.45) is 4.99 Å². The van der Waals surface area contributed by atoms with Crippen LogP contribution in [-0.2, 0) is 4.79 Å². The number of rotatable bonds is 4. The monoisotopic (exact) mass is 510 g/mol. The number of carbonyl (C=O) groups is 1. The Hall–Kier alpha value is -2.70. The second kappa shape index (κ2) is 8.35. The standard InChI is InChI=1S/C23H16Br2N2O2/c1-29-21-8-3-2-7-19(21)22-26-20(13-15-9-11-16(24)12-10-15)23(28)27(22)18-6-4-5-17(25)14-18/h2-14H,1H3/b20-13+. The molecule has 0 aliphatic carbocycles. The van der Waals surface area contributed by atoms with Crippen molar-refractivity contribution in [1.82, 2.24) is 0 Å². The predicted molar refractivity (Wildman–Crippen MR) is 123 cm³/mol. The molecular formula is C23H16Br2N2O2. The molecule has 144 valence electrons. The molecular weight excluding hydrogens is 496 g/mol. The molecule has 4 rings (SSSR count). The fraction of sp³-hybridized carbons (Fsp3) is 0.0435. The van der Waals surface area contributed by atoms with E-state index in [2.05, 4.69) is 31.9 Å². The Bertz CT molecular complexity index is 1140. The number of aliphatic imine (C=N–C) groups is 1. The van der Waals surface area contributed by atoms with E-state index in [1.165, 1.54) is 0 Å². The quantitative estimate of drug-likeness (QED) is 0.400. The van der Waals surface area contributed by atoms with Crippen molar-refractivity contribution >= 4 is 55.4 Å². The highest BCUT2D eigenvalue weighted by molar-refractivity contribution is 9.10. The van der Waals surface area contributed by atoms with Gasteiger partial charge in [0, 0.05) is 8.95 Å². The molecule has 0 atom stereocenters. The van der Waals surface area contributed by atoms with Gasteiger partial charge < -0.3 is 4.74 Å². The number of carbonyl (C=O) groups excluding carboxylic acids is 1. The number of hydrogen-bond donors (Lipinski definition) is 0. The van der Waals surface area contributed by atoms with Gasteiger partial charge in [-0.05, 0) is 54.1 Å². The topological polar surface area (TPSA) is 41.9 Å². The maximum atomic E-state index is 13.3. The van der Waals surface area contributed by atoms with Crippen molar-refractivity contribution in [3.8, 4) is 5.75 Å². The Morgan fingerprint density at radius 1 is 0.931 bits per heavy atom. The minimum absolute atomic E-state index is 0.188. The number of methoxy groups -OCH3 is 1. The largest absolute Gasteiger partial charge is 0.496 e. The highest BCUT2D eigenvalue weighted by atomic mass is 79.9. The molecule has 0 unspecified atom stereocenters. The summed E-state index contributed by atoms with van der Waals surface area (Å²) >= 11 is 6.92. The Kier molecular flexibility index (Phi) is 5.65. The van der Waals surface area contributed by atoms with Gasteiger partial charge in [-0.1, -0.05) is 62.2 Å². The first-order chi connectivity index (χ1) is 14.1. The summed E-state index contributed by atoms with van der Waals surface area (Å²) in [6.45, 7) is 0. The molecule has 1 aliphatic heterocycles. The van der Waals surface area contributed by atoms with E-state index < -0.39 is 0 Å². The minimum Gasteiger partial charge on any atom is -0.496 e. The lowest BCUT2D eigenvalue weighted by atomic mass is 10.1. The highest BCUT2D eigenvalue weighted by Gasteiger charge is 2.33. The van der Waals surface area contributed by atoms with Gasteiger partial charge in [0.1, 0.15) is 11.4 Å². The predicted octanol–water partition coefficient (Wildman–Crippen LogP) is 6.05. The second-order valence-corrected chi connectivity index (χ2v) is 8.17. The van der Waals surface area contributed by atoms with E-state index >= 15 is 0 Å². The molecule has 0 radical (unpaired) electrons. The molecule has 6 heteroatoms. The lowest BCUT2D eigenvalue weighted by Crippen LogP contribution is -2.32. The van der Waals surface area contributed by atoms with E-state index in [0.717, 1.165) is 25.8 Å². The Balaban J connectivity index is 1.86. The van der Waals surface area contributed by atoms with Crippen LogP contribution in [0.1, 0.15) is 11.1 Å². The van der Waals surface area contributed by atoms with Crippen molar-refractivity contribution in [3.05, 3.63) is 98.6 Å². The van der Waals surface area contributed by atoms with Crippen LogP contribution >= 0.6 is 31.9 Å². The van der Waals surface area contributed by atoms with Crippen LogP contribution in [-0.4, -0.2) is 18.9 Å². The Morgan fingerprint density at radius 3 is 2.41 bits per heavy atom. The van der Waals surface area contributed by atoms with Crippen molar-refractivity contribution in [2.75, 3.05) is 12.0 Å². The van der Waals surface area contributed by atoms with E-state index in [1.807, 2.05) is 72.8 Å². The number of ether oxygens (including phenoxy) is 1. The number of amidine groups is 1. The van der Waals surface area contributed by atoms with Gasteiger partial charge in [-0.2, -0.15) is 0 Å². The molecule has 0 N–H and O–H groups in total. The fourth-order valence-electron chi connectivity index (χ4n) is 3.10. The van der Waals surface area contributed by atoms with Crippen LogP contribution in [0.15, 0.2) is 92.4 Å². The number of halogens is 2. The lowest BCUT2D eigenvalue weighted by molar-refractivity contribution is -0.113. The van der Waals surface area contributed by atoms with Gasteiger partial charge in [0.25, 0.3) is 5.91 Å². The van der Waals surface area contributed by atoms with Crippen molar-refractivity contribution in [1.29, 1.82) is 0 Å². The zero-order valence-electron chi connectivity index (χ0n) is 15.5. The van der Waals surface area contributed by atoms with Crippen LogP contribution in [0.5, 0.6) is 5.75 Å². The Morgan fingerprint density at radius 2 is 1.69 bits per heavy atom. The first-order valence-electron chi connectivity index (χ1n) is 8.86. The third-order valence-corrected chi connectivity index (χ3v) is 5.47. The molecule has 29 heavy (non-hydrogen) atoms. The molecule has 1 amide bonds. The van der Waals surface area contributed by atoms with Crippen LogP contribution < -0.4 is 9.64 Å². The van der Waals surface area contributed by atoms with Gasteiger partial charge in [0.15, 0.2) is 5.84 Å². The molecule has 0 spiro atoms. The van der Waals surface area contributed by atoms with Crippen molar-refractivity contribution < 1.29 is 9.53 Å². The molecule has 0 fully saturated rings. The van der Waals surface area contributed by atoms with E-state index in [1.54, 1.807) is 18.1 Å². The number of nitrogens with zero attached hydrogens (tertiary/aromatic N) is 2. The minimum atomic E-state index is -0.188.